The number of carboxylic acid groups (broad SMARTS) is 1. The van der Waals surface area contributed by atoms with Crippen molar-refractivity contribution in [3.63, 3.8) is 0 Å². The number of hydrogen-bond donors (Lipinski definition) is 1. The van der Waals surface area contributed by atoms with Gasteiger partial charge in [-0.2, -0.15) is 5.10 Å². The second-order valence-electron chi connectivity index (χ2n) is 5.31. The van der Waals surface area contributed by atoms with E-state index in [0.717, 1.165) is 23.6 Å². The summed E-state index contributed by atoms with van der Waals surface area (Å²) in [5, 5.41) is 14.0. The second kappa shape index (κ2) is 5.72. The molecule has 0 amide bonds. The lowest BCUT2D eigenvalue weighted by Crippen LogP contribution is -2.05. The van der Waals surface area contributed by atoms with Gasteiger partial charge in [-0.3, -0.25) is 9.25 Å². The molecule has 6 heteroatoms. The number of imidazole rings is 1. The first kappa shape index (κ1) is 15.0. The Morgan fingerprint density at radius 3 is 2.65 bits per heavy atom. The zero-order valence-electron chi connectivity index (χ0n) is 13.3. The lowest BCUT2D eigenvalue weighted by atomic mass is 10.1. The highest BCUT2D eigenvalue weighted by Crippen LogP contribution is 2.28. The van der Waals surface area contributed by atoms with E-state index in [4.69, 9.17) is 0 Å². The molecule has 0 aliphatic carbocycles. The number of benzene rings is 1. The third kappa shape index (κ3) is 2.42. The van der Waals surface area contributed by atoms with E-state index in [2.05, 4.69) is 10.1 Å². The van der Waals surface area contributed by atoms with Gasteiger partial charge in [-0.25, -0.2) is 9.78 Å². The van der Waals surface area contributed by atoms with E-state index < -0.39 is 5.97 Å². The monoisotopic (exact) mass is 310 g/mol. The van der Waals surface area contributed by atoms with E-state index in [1.807, 2.05) is 42.3 Å². The molecule has 3 rings (SSSR count). The van der Waals surface area contributed by atoms with Crippen LogP contribution >= 0.6 is 0 Å². The van der Waals surface area contributed by atoms with Crippen LogP contribution in [-0.2, 0) is 6.54 Å². The lowest BCUT2D eigenvalue weighted by Gasteiger charge is -2.10. The van der Waals surface area contributed by atoms with Gasteiger partial charge >= 0.3 is 5.97 Å². The van der Waals surface area contributed by atoms with Gasteiger partial charge < -0.3 is 5.11 Å². The number of aromatic carboxylic acids is 1. The standard InChI is InChI=1S/C17H18N4O2/c1-4-21-12(3)15(11(2)19-21)20-10-9-18-16(20)13-7-5-6-8-14(13)17(22)23/h5-10H,4H2,1-3H3,(H,22,23). The van der Waals surface area contributed by atoms with Crippen LogP contribution in [0.25, 0.3) is 17.1 Å². The van der Waals surface area contributed by atoms with Crippen molar-refractivity contribution in [1.82, 2.24) is 19.3 Å². The largest absolute Gasteiger partial charge is 0.478 e. The summed E-state index contributed by atoms with van der Waals surface area (Å²) in [6.07, 6.45) is 3.51. The van der Waals surface area contributed by atoms with Crippen LogP contribution in [0.4, 0.5) is 0 Å². The van der Waals surface area contributed by atoms with E-state index in [-0.39, 0.29) is 5.56 Å². The van der Waals surface area contributed by atoms with Gasteiger partial charge in [0.2, 0.25) is 0 Å². The fourth-order valence-corrected chi connectivity index (χ4v) is 2.89. The predicted molar refractivity (Wildman–Crippen MR) is 86.9 cm³/mol. The average Bonchev–Trinajstić information content (AvgIpc) is 3.11. The number of nitrogens with zero attached hydrogens (tertiary/aromatic N) is 4. The molecule has 0 saturated heterocycles. The zero-order valence-corrected chi connectivity index (χ0v) is 13.3. The number of carboxylic acids is 1. The smallest absolute Gasteiger partial charge is 0.336 e. The Morgan fingerprint density at radius 2 is 2.00 bits per heavy atom. The minimum atomic E-state index is -0.965. The third-order valence-corrected chi connectivity index (χ3v) is 3.92. The van der Waals surface area contributed by atoms with E-state index in [9.17, 15) is 9.90 Å². The minimum absolute atomic E-state index is 0.234. The summed E-state index contributed by atoms with van der Waals surface area (Å²) in [5.74, 6) is -0.363. The fraction of sp³-hybridized carbons (Fsp3) is 0.235. The summed E-state index contributed by atoms with van der Waals surface area (Å²) in [6, 6.07) is 6.89. The summed E-state index contributed by atoms with van der Waals surface area (Å²) in [5.41, 5.74) is 3.68. The molecule has 3 aromatic rings. The van der Waals surface area contributed by atoms with Crippen molar-refractivity contribution in [2.24, 2.45) is 0 Å². The average molecular weight is 310 g/mol. The van der Waals surface area contributed by atoms with Gasteiger partial charge in [-0.05, 0) is 26.8 Å². The Kier molecular flexibility index (Phi) is 3.73. The predicted octanol–water partition coefficient (Wildman–Crippen LogP) is 3.07. The Bertz CT molecular complexity index is 877. The van der Waals surface area contributed by atoms with Crippen LogP contribution in [-0.4, -0.2) is 30.4 Å². The second-order valence-corrected chi connectivity index (χ2v) is 5.31. The molecule has 0 aliphatic rings. The number of aryl methyl sites for hydroxylation is 2. The van der Waals surface area contributed by atoms with E-state index in [0.29, 0.717) is 11.4 Å². The van der Waals surface area contributed by atoms with Gasteiger partial charge in [-0.1, -0.05) is 18.2 Å². The molecule has 0 atom stereocenters. The lowest BCUT2D eigenvalue weighted by molar-refractivity contribution is 0.0697. The SMILES string of the molecule is CCn1nc(C)c(-n2ccnc2-c2ccccc2C(=O)O)c1C. The highest BCUT2D eigenvalue weighted by molar-refractivity contribution is 5.95. The maximum atomic E-state index is 11.5. The first-order valence-electron chi connectivity index (χ1n) is 7.45. The summed E-state index contributed by atoms with van der Waals surface area (Å²) in [4.78, 5) is 15.9. The van der Waals surface area contributed by atoms with Gasteiger partial charge in [0.1, 0.15) is 5.82 Å². The van der Waals surface area contributed by atoms with E-state index in [1.165, 1.54) is 0 Å². The summed E-state index contributed by atoms with van der Waals surface area (Å²) < 4.78 is 3.84. The van der Waals surface area contributed by atoms with Crippen molar-refractivity contribution in [1.29, 1.82) is 0 Å². The van der Waals surface area contributed by atoms with Crippen LogP contribution in [0.5, 0.6) is 0 Å². The van der Waals surface area contributed by atoms with E-state index >= 15 is 0 Å². The summed E-state index contributed by atoms with van der Waals surface area (Å²) in [6.45, 7) is 6.77. The summed E-state index contributed by atoms with van der Waals surface area (Å²) in [7, 11) is 0. The molecule has 0 aliphatic heterocycles. The van der Waals surface area contributed by atoms with Crippen LogP contribution in [0.1, 0.15) is 28.7 Å². The number of aromatic nitrogens is 4. The van der Waals surface area contributed by atoms with Gasteiger partial charge in [0.25, 0.3) is 0 Å². The van der Waals surface area contributed by atoms with Crippen molar-refractivity contribution >= 4 is 5.97 Å². The Labute approximate surface area is 134 Å². The van der Waals surface area contributed by atoms with Crippen LogP contribution in [0.2, 0.25) is 0 Å². The molecule has 2 heterocycles. The molecule has 0 fully saturated rings. The number of hydrogen-bond acceptors (Lipinski definition) is 3. The zero-order chi connectivity index (χ0) is 16.6. The van der Waals surface area contributed by atoms with Crippen LogP contribution in [0.15, 0.2) is 36.7 Å². The van der Waals surface area contributed by atoms with Crippen molar-refractivity contribution in [2.75, 3.05) is 0 Å². The molecule has 0 saturated carbocycles. The van der Waals surface area contributed by atoms with Gasteiger partial charge in [0.05, 0.1) is 22.6 Å². The number of carbonyl (C=O) groups is 1. The van der Waals surface area contributed by atoms with Crippen molar-refractivity contribution in [3.8, 4) is 17.1 Å². The maximum Gasteiger partial charge on any atom is 0.336 e. The van der Waals surface area contributed by atoms with Crippen LogP contribution in [0.3, 0.4) is 0 Å². The van der Waals surface area contributed by atoms with Crippen molar-refractivity contribution < 1.29 is 9.90 Å². The van der Waals surface area contributed by atoms with Crippen LogP contribution in [0, 0.1) is 13.8 Å². The molecule has 6 nitrogen and oxygen atoms in total. The Hall–Kier alpha value is -2.89. The van der Waals surface area contributed by atoms with Crippen molar-refractivity contribution in [2.45, 2.75) is 27.3 Å². The molecule has 1 N–H and O–H groups in total. The topological polar surface area (TPSA) is 72.9 Å². The Morgan fingerprint density at radius 1 is 1.26 bits per heavy atom. The normalized spacial score (nSPS) is 10.9. The molecule has 23 heavy (non-hydrogen) atoms. The fourth-order valence-electron chi connectivity index (χ4n) is 2.89. The third-order valence-electron chi connectivity index (χ3n) is 3.92. The van der Waals surface area contributed by atoms with Gasteiger partial charge in [-0.15, -0.1) is 0 Å². The quantitative estimate of drug-likeness (QED) is 0.803. The summed E-state index contributed by atoms with van der Waals surface area (Å²) >= 11 is 0. The highest BCUT2D eigenvalue weighted by Gasteiger charge is 2.19. The molecule has 2 aromatic heterocycles. The molecule has 0 spiro atoms. The molecular formula is C17H18N4O2. The number of rotatable bonds is 4. The molecular weight excluding hydrogens is 292 g/mol. The maximum absolute atomic E-state index is 11.5. The first-order valence-corrected chi connectivity index (χ1v) is 7.45. The van der Waals surface area contributed by atoms with E-state index in [1.54, 1.807) is 24.4 Å². The van der Waals surface area contributed by atoms with Crippen LogP contribution < -0.4 is 0 Å². The molecule has 1 aromatic carbocycles. The van der Waals surface area contributed by atoms with Crippen molar-refractivity contribution in [3.05, 3.63) is 53.6 Å². The minimum Gasteiger partial charge on any atom is -0.478 e. The molecule has 118 valence electrons. The van der Waals surface area contributed by atoms with Gasteiger partial charge in [0.15, 0.2) is 0 Å². The molecule has 0 bridgehead atoms. The Balaban J connectivity index is 2.23. The molecule has 0 radical (unpaired) electrons. The molecule has 0 unspecified atom stereocenters. The first-order chi connectivity index (χ1) is 11.0. The van der Waals surface area contributed by atoms with Gasteiger partial charge in [0, 0.05) is 24.5 Å². The highest BCUT2D eigenvalue weighted by atomic mass is 16.4.